The summed E-state index contributed by atoms with van der Waals surface area (Å²) in [4.78, 5) is 10.1. The average molecular weight is 128 g/mol. The lowest BCUT2D eigenvalue weighted by atomic mass is 10.1. The van der Waals surface area contributed by atoms with Crippen molar-refractivity contribution in [1.82, 2.24) is 0 Å². The lowest BCUT2D eigenvalue weighted by molar-refractivity contribution is -0.151. The summed E-state index contributed by atoms with van der Waals surface area (Å²) in [6.45, 7) is 2.60. The third-order valence-electron chi connectivity index (χ3n) is 0.785. The molecule has 3 heteroatoms. The SMILES string of the molecule is CC#CC(C)(O)C(=O)O. The predicted molar refractivity (Wildman–Crippen MR) is 31.7 cm³/mol. The van der Waals surface area contributed by atoms with E-state index in [-0.39, 0.29) is 0 Å². The molecule has 0 aromatic carbocycles. The maximum absolute atomic E-state index is 10.1. The van der Waals surface area contributed by atoms with E-state index in [1.54, 1.807) is 0 Å². The fourth-order valence-corrected chi connectivity index (χ4v) is 0.297. The molecule has 50 valence electrons. The zero-order chi connectivity index (χ0) is 7.49. The summed E-state index contributed by atoms with van der Waals surface area (Å²) in [5.41, 5.74) is -1.89. The lowest BCUT2D eigenvalue weighted by Gasteiger charge is -2.07. The van der Waals surface area contributed by atoms with Crippen LogP contribution in [0.3, 0.4) is 0 Å². The highest BCUT2D eigenvalue weighted by atomic mass is 16.4. The van der Waals surface area contributed by atoms with Gasteiger partial charge in [0.2, 0.25) is 5.60 Å². The van der Waals surface area contributed by atoms with Crippen LogP contribution in [0.25, 0.3) is 0 Å². The van der Waals surface area contributed by atoms with Crippen LogP contribution in [-0.4, -0.2) is 21.8 Å². The Morgan fingerprint density at radius 1 is 1.67 bits per heavy atom. The number of carboxylic acid groups (broad SMARTS) is 1. The molecular formula is C6H8O3. The van der Waals surface area contributed by atoms with Crippen LogP contribution in [0.5, 0.6) is 0 Å². The van der Waals surface area contributed by atoms with Crippen molar-refractivity contribution >= 4 is 5.97 Å². The summed E-state index contributed by atoms with van der Waals surface area (Å²) in [7, 11) is 0. The molecule has 0 aliphatic heterocycles. The summed E-state index contributed by atoms with van der Waals surface area (Å²) in [5, 5.41) is 17.0. The zero-order valence-corrected chi connectivity index (χ0v) is 5.30. The van der Waals surface area contributed by atoms with Gasteiger partial charge in [-0.3, -0.25) is 0 Å². The minimum absolute atomic E-state index is 1.13. The Bertz CT molecular complexity index is 170. The standard InChI is InChI=1S/C6H8O3/c1-3-4-6(2,9)5(7)8/h9H,1-2H3,(H,7,8). The van der Waals surface area contributed by atoms with E-state index in [1.165, 1.54) is 6.92 Å². The van der Waals surface area contributed by atoms with Crippen molar-refractivity contribution in [3.63, 3.8) is 0 Å². The molecule has 2 N–H and O–H groups in total. The summed E-state index contributed by atoms with van der Waals surface area (Å²) in [5.74, 6) is 3.11. The number of rotatable bonds is 1. The monoisotopic (exact) mass is 128 g/mol. The minimum Gasteiger partial charge on any atom is -0.478 e. The summed E-state index contributed by atoms with van der Waals surface area (Å²) in [6.07, 6.45) is 0. The molecule has 0 aromatic heterocycles. The largest absolute Gasteiger partial charge is 0.478 e. The molecule has 0 radical (unpaired) electrons. The van der Waals surface area contributed by atoms with Crippen LogP contribution in [0.2, 0.25) is 0 Å². The van der Waals surface area contributed by atoms with Gasteiger partial charge in [0.25, 0.3) is 0 Å². The molecule has 0 aromatic rings. The number of carboxylic acids is 1. The van der Waals surface area contributed by atoms with Crippen LogP contribution in [0, 0.1) is 11.8 Å². The van der Waals surface area contributed by atoms with Gasteiger partial charge < -0.3 is 10.2 Å². The van der Waals surface area contributed by atoms with E-state index < -0.39 is 11.6 Å². The third-order valence-corrected chi connectivity index (χ3v) is 0.785. The number of carbonyl (C=O) groups is 1. The Balaban J connectivity index is 4.32. The topological polar surface area (TPSA) is 57.5 Å². The number of aliphatic carboxylic acids is 1. The van der Waals surface area contributed by atoms with Crippen LogP contribution in [-0.2, 0) is 4.79 Å². The van der Waals surface area contributed by atoms with Crippen LogP contribution in [0.4, 0.5) is 0 Å². The van der Waals surface area contributed by atoms with Gasteiger partial charge in [0, 0.05) is 0 Å². The molecule has 3 nitrogen and oxygen atoms in total. The van der Waals surface area contributed by atoms with Crippen LogP contribution < -0.4 is 0 Å². The van der Waals surface area contributed by atoms with Crippen molar-refractivity contribution in [2.24, 2.45) is 0 Å². The van der Waals surface area contributed by atoms with Gasteiger partial charge in [0.05, 0.1) is 0 Å². The third kappa shape index (κ3) is 2.15. The molecule has 0 aliphatic carbocycles. The number of hydrogen-bond donors (Lipinski definition) is 2. The summed E-state index contributed by atoms with van der Waals surface area (Å²) in [6, 6.07) is 0. The number of aliphatic hydroxyl groups is 1. The smallest absolute Gasteiger partial charge is 0.348 e. The highest BCUT2D eigenvalue weighted by Gasteiger charge is 2.26. The van der Waals surface area contributed by atoms with E-state index >= 15 is 0 Å². The Hall–Kier alpha value is -1.01. The first-order valence-corrected chi connectivity index (χ1v) is 2.40. The molecule has 0 aliphatic rings. The van der Waals surface area contributed by atoms with E-state index in [2.05, 4.69) is 11.8 Å². The van der Waals surface area contributed by atoms with E-state index in [1.807, 2.05) is 0 Å². The quantitative estimate of drug-likeness (QED) is 0.482. The van der Waals surface area contributed by atoms with Gasteiger partial charge >= 0.3 is 5.97 Å². The van der Waals surface area contributed by atoms with E-state index in [4.69, 9.17) is 10.2 Å². The molecule has 0 saturated carbocycles. The van der Waals surface area contributed by atoms with Crippen molar-refractivity contribution in [3.8, 4) is 11.8 Å². The zero-order valence-electron chi connectivity index (χ0n) is 5.30. The highest BCUT2D eigenvalue weighted by molar-refractivity contribution is 5.80. The van der Waals surface area contributed by atoms with E-state index in [0.717, 1.165) is 6.92 Å². The van der Waals surface area contributed by atoms with Crippen molar-refractivity contribution in [1.29, 1.82) is 0 Å². The summed E-state index contributed by atoms with van der Waals surface area (Å²) >= 11 is 0. The van der Waals surface area contributed by atoms with Crippen molar-refractivity contribution in [2.75, 3.05) is 0 Å². The molecule has 0 amide bonds. The second-order valence-corrected chi connectivity index (χ2v) is 1.75. The van der Waals surface area contributed by atoms with E-state index in [0.29, 0.717) is 0 Å². The van der Waals surface area contributed by atoms with Gasteiger partial charge in [-0.05, 0) is 13.8 Å². The minimum atomic E-state index is -1.89. The molecule has 0 fully saturated rings. The molecular weight excluding hydrogens is 120 g/mol. The molecule has 0 bridgehead atoms. The van der Waals surface area contributed by atoms with Crippen molar-refractivity contribution < 1.29 is 15.0 Å². The van der Waals surface area contributed by atoms with Gasteiger partial charge in [-0.15, -0.1) is 5.92 Å². The Kier molecular flexibility index (Phi) is 2.23. The molecule has 0 spiro atoms. The first-order chi connectivity index (χ1) is 4.00. The second kappa shape index (κ2) is 2.51. The van der Waals surface area contributed by atoms with Crippen LogP contribution in [0.1, 0.15) is 13.8 Å². The Morgan fingerprint density at radius 3 is 2.22 bits per heavy atom. The first kappa shape index (κ1) is 7.99. The van der Waals surface area contributed by atoms with Gasteiger partial charge in [-0.1, -0.05) is 5.92 Å². The first-order valence-electron chi connectivity index (χ1n) is 2.40. The maximum Gasteiger partial charge on any atom is 0.348 e. The molecule has 9 heavy (non-hydrogen) atoms. The van der Waals surface area contributed by atoms with Crippen LogP contribution in [0.15, 0.2) is 0 Å². The molecule has 0 saturated heterocycles. The van der Waals surface area contributed by atoms with Crippen molar-refractivity contribution in [2.45, 2.75) is 19.4 Å². The van der Waals surface area contributed by atoms with Gasteiger partial charge in [-0.25, -0.2) is 4.79 Å². The van der Waals surface area contributed by atoms with Crippen molar-refractivity contribution in [3.05, 3.63) is 0 Å². The summed E-state index contributed by atoms with van der Waals surface area (Å²) < 4.78 is 0. The van der Waals surface area contributed by atoms with Crippen LogP contribution >= 0.6 is 0 Å². The van der Waals surface area contributed by atoms with Gasteiger partial charge in [-0.2, -0.15) is 0 Å². The predicted octanol–water partition coefficient (Wildman–Crippen LogP) is -0.155. The second-order valence-electron chi connectivity index (χ2n) is 1.75. The molecule has 1 atom stereocenters. The Morgan fingerprint density at radius 2 is 2.11 bits per heavy atom. The molecule has 0 rings (SSSR count). The average Bonchev–Trinajstić information content (AvgIpc) is 1.65. The van der Waals surface area contributed by atoms with E-state index in [9.17, 15) is 4.79 Å². The number of hydrogen-bond acceptors (Lipinski definition) is 2. The normalized spacial score (nSPS) is 15.0. The van der Waals surface area contributed by atoms with Gasteiger partial charge in [0.15, 0.2) is 0 Å². The fraction of sp³-hybridized carbons (Fsp3) is 0.500. The van der Waals surface area contributed by atoms with Gasteiger partial charge in [0.1, 0.15) is 0 Å². The molecule has 1 unspecified atom stereocenters. The maximum atomic E-state index is 10.1. The fourth-order valence-electron chi connectivity index (χ4n) is 0.297. The highest BCUT2D eigenvalue weighted by Crippen LogP contribution is 1.99. The lowest BCUT2D eigenvalue weighted by Crippen LogP contribution is -2.32. The molecule has 0 heterocycles. The Labute approximate surface area is 53.3 Å².